The Morgan fingerprint density at radius 1 is 1.31 bits per heavy atom. The van der Waals surface area contributed by atoms with E-state index in [4.69, 9.17) is 4.74 Å². The number of aromatic nitrogens is 1. The lowest BCUT2D eigenvalue weighted by atomic mass is 10.0. The van der Waals surface area contributed by atoms with Crippen molar-refractivity contribution in [1.29, 1.82) is 0 Å². The van der Waals surface area contributed by atoms with Gasteiger partial charge in [0.2, 0.25) is 10.0 Å². The molecule has 144 valence electrons. The summed E-state index contributed by atoms with van der Waals surface area (Å²) in [6, 6.07) is 1.17. The van der Waals surface area contributed by atoms with Gasteiger partial charge in [-0.1, -0.05) is 0 Å². The number of carbonyl (C=O) groups is 1. The predicted octanol–water partition coefficient (Wildman–Crippen LogP) is 1.37. The first-order chi connectivity index (χ1) is 12.4. The van der Waals surface area contributed by atoms with Crippen molar-refractivity contribution in [2.45, 2.75) is 31.7 Å². The molecule has 2 aliphatic heterocycles. The summed E-state index contributed by atoms with van der Waals surface area (Å²) in [7, 11) is -3.23. The zero-order valence-corrected chi connectivity index (χ0v) is 15.0. The van der Waals surface area contributed by atoms with E-state index in [1.165, 1.54) is 22.8 Å². The maximum atomic E-state index is 12.7. The van der Waals surface area contributed by atoms with Crippen molar-refractivity contribution in [1.82, 2.24) is 14.2 Å². The second-order valence-electron chi connectivity index (χ2n) is 6.44. The first-order valence-electron chi connectivity index (χ1n) is 8.51. The molecule has 1 amide bonds. The van der Waals surface area contributed by atoms with Crippen molar-refractivity contribution in [3.63, 3.8) is 0 Å². The van der Waals surface area contributed by atoms with Gasteiger partial charge in [0.1, 0.15) is 12.4 Å². The number of sulfonamides is 1. The van der Waals surface area contributed by atoms with Crippen LogP contribution in [0, 0.1) is 0 Å². The van der Waals surface area contributed by atoms with Crippen LogP contribution >= 0.6 is 0 Å². The summed E-state index contributed by atoms with van der Waals surface area (Å²) in [5.74, 6) is -0.0432. The van der Waals surface area contributed by atoms with Crippen LogP contribution in [0.5, 0.6) is 5.75 Å². The molecule has 0 aromatic carbocycles. The van der Waals surface area contributed by atoms with Crippen molar-refractivity contribution >= 4 is 15.9 Å². The molecule has 0 N–H and O–H groups in total. The standard InChI is InChI=1S/C16H21F2N3O4S/c17-15(18)11-25-14-7-12(8-19-9-14)16(22)20-4-1-3-13(10-20)21-5-2-6-26(21,23)24/h7-9,13,15H,1-6,10-11H2. The second kappa shape index (κ2) is 7.83. The number of alkyl halides is 2. The second-order valence-corrected chi connectivity index (χ2v) is 8.48. The van der Waals surface area contributed by atoms with Crippen LogP contribution in [-0.4, -0.2) is 73.0 Å². The molecule has 3 rings (SSSR count). The Morgan fingerprint density at radius 2 is 2.12 bits per heavy atom. The molecule has 7 nitrogen and oxygen atoms in total. The van der Waals surface area contributed by atoms with Gasteiger partial charge < -0.3 is 9.64 Å². The minimum Gasteiger partial charge on any atom is -0.486 e. The molecule has 10 heteroatoms. The van der Waals surface area contributed by atoms with Gasteiger partial charge in [-0.25, -0.2) is 17.2 Å². The molecular formula is C16H21F2N3O4S. The lowest BCUT2D eigenvalue weighted by Gasteiger charge is -2.36. The van der Waals surface area contributed by atoms with E-state index < -0.39 is 23.1 Å². The summed E-state index contributed by atoms with van der Waals surface area (Å²) < 4.78 is 55.1. The number of likely N-dealkylation sites (tertiary alicyclic amines) is 1. The Hall–Kier alpha value is -1.81. The Kier molecular flexibility index (Phi) is 5.71. The lowest BCUT2D eigenvalue weighted by molar-refractivity contribution is 0.0656. The van der Waals surface area contributed by atoms with Crippen LogP contribution in [0.2, 0.25) is 0 Å². The third-order valence-electron chi connectivity index (χ3n) is 4.57. The number of amides is 1. The molecule has 1 aromatic rings. The average molecular weight is 389 g/mol. The van der Waals surface area contributed by atoms with Gasteiger partial charge >= 0.3 is 0 Å². The summed E-state index contributed by atoms with van der Waals surface area (Å²) in [5, 5.41) is 0. The predicted molar refractivity (Wildman–Crippen MR) is 89.8 cm³/mol. The summed E-state index contributed by atoms with van der Waals surface area (Å²) in [4.78, 5) is 18.2. The van der Waals surface area contributed by atoms with Crippen molar-refractivity contribution in [2.75, 3.05) is 32.0 Å². The molecule has 0 radical (unpaired) electrons. The van der Waals surface area contributed by atoms with Crippen molar-refractivity contribution in [2.24, 2.45) is 0 Å². The van der Waals surface area contributed by atoms with Crippen LogP contribution in [-0.2, 0) is 10.0 Å². The zero-order valence-electron chi connectivity index (χ0n) is 14.2. The number of hydrogen-bond acceptors (Lipinski definition) is 5. The fourth-order valence-electron chi connectivity index (χ4n) is 3.40. The largest absolute Gasteiger partial charge is 0.486 e. The number of pyridine rings is 1. The molecule has 2 saturated heterocycles. The quantitative estimate of drug-likeness (QED) is 0.760. The molecule has 0 saturated carbocycles. The molecule has 3 heterocycles. The Balaban J connectivity index is 1.68. The van der Waals surface area contributed by atoms with Gasteiger partial charge in [0, 0.05) is 31.9 Å². The molecule has 1 aromatic heterocycles. The number of rotatable bonds is 5. The highest BCUT2D eigenvalue weighted by molar-refractivity contribution is 7.89. The molecular weight excluding hydrogens is 368 g/mol. The average Bonchev–Trinajstić information content (AvgIpc) is 2.99. The highest BCUT2D eigenvalue weighted by Crippen LogP contribution is 2.25. The van der Waals surface area contributed by atoms with Crippen molar-refractivity contribution in [3.8, 4) is 5.75 Å². The highest BCUT2D eigenvalue weighted by Gasteiger charge is 2.37. The van der Waals surface area contributed by atoms with Gasteiger partial charge in [-0.15, -0.1) is 0 Å². The number of hydrogen-bond donors (Lipinski definition) is 0. The molecule has 2 aliphatic rings. The van der Waals surface area contributed by atoms with E-state index in [0.29, 0.717) is 32.5 Å². The highest BCUT2D eigenvalue weighted by atomic mass is 32.2. The molecule has 1 atom stereocenters. The number of nitrogens with zero attached hydrogens (tertiary/aromatic N) is 3. The molecule has 1 unspecified atom stereocenters. The SMILES string of the molecule is O=C(c1cncc(OCC(F)F)c1)N1CCCC(N2CCCS2(=O)=O)C1. The number of halogens is 2. The first kappa shape index (κ1) is 19.0. The van der Waals surface area contributed by atoms with Crippen molar-refractivity contribution in [3.05, 3.63) is 24.0 Å². The van der Waals surface area contributed by atoms with E-state index in [-0.39, 0.29) is 29.0 Å². The molecule has 0 aliphatic carbocycles. The third-order valence-corrected chi connectivity index (χ3v) is 6.57. The lowest BCUT2D eigenvalue weighted by Crippen LogP contribution is -2.50. The Labute approximate surface area is 151 Å². The monoisotopic (exact) mass is 389 g/mol. The van der Waals surface area contributed by atoms with Crippen LogP contribution in [0.4, 0.5) is 8.78 Å². The fourth-order valence-corrected chi connectivity index (χ4v) is 5.16. The summed E-state index contributed by atoms with van der Waals surface area (Å²) in [6.45, 7) is 0.566. The van der Waals surface area contributed by atoms with Crippen LogP contribution in [0.15, 0.2) is 18.5 Å². The van der Waals surface area contributed by atoms with E-state index in [9.17, 15) is 22.0 Å². The van der Waals surface area contributed by atoms with Gasteiger partial charge in [0.15, 0.2) is 0 Å². The number of piperidine rings is 1. The van der Waals surface area contributed by atoms with E-state index in [1.807, 2.05) is 0 Å². The molecule has 2 fully saturated rings. The normalized spacial score (nSPS) is 23.3. The maximum Gasteiger partial charge on any atom is 0.272 e. The zero-order chi connectivity index (χ0) is 18.7. The first-order valence-corrected chi connectivity index (χ1v) is 10.1. The molecule has 0 bridgehead atoms. The number of carbonyl (C=O) groups excluding carboxylic acids is 1. The van der Waals surface area contributed by atoms with E-state index in [0.717, 1.165) is 6.42 Å². The van der Waals surface area contributed by atoms with E-state index in [2.05, 4.69) is 4.98 Å². The smallest absolute Gasteiger partial charge is 0.272 e. The summed E-state index contributed by atoms with van der Waals surface area (Å²) in [6.07, 6.45) is 2.05. The maximum absolute atomic E-state index is 12.7. The van der Waals surface area contributed by atoms with Gasteiger partial charge in [-0.05, 0) is 25.3 Å². The Morgan fingerprint density at radius 3 is 2.81 bits per heavy atom. The van der Waals surface area contributed by atoms with Crippen LogP contribution in [0.25, 0.3) is 0 Å². The topological polar surface area (TPSA) is 79.8 Å². The number of ether oxygens (including phenoxy) is 1. The minimum absolute atomic E-state index is 0.104. The van der Waals surface area contributed by atoms with Gasteiger partial charge in [0.05, 0.1) is 17.5 Å². The van der Waals surface area contributed by atoms with Crippen LogP contribution in [0.3, 0.4) is 0 Å². The van der Waals surface area contributed by atoms with Crippen LogP contribution in [0.1, 0.15) is 29.6 Å². The van der Waals surface area contributed by atoms with Crippen molar-refractivity contribution < 1.29 is 26.7 Å². The van der Waals surface area contributed by atoms with Gasteiger partial charge in [-0.3, -0.25) is 9.78 Å². The Bertz CT molecular complexity index is 760. The van der Waals surface area contributed by atoms with Crippen LogP contribution < -0.4 is 4.74 Å². The van der Waals surface area contributed by atoms with Gasteiger partial charge in [-0.2, -0.15) is 4.31 Å². The summed E-state index contributed by atoms with van der Waals surface area (Å²) >= 11 is 0. The summed E-state index contributed by atoms with van der Waals surface area (Å²) in [5.41, 5.74) is 0.238. The van der Waals surface area contributed by atoms with Gasteiger partial charge in [0.25, 0.3) is 12.3 Å². The van der Waals surface area contributed by atoms with E-state index in [1.54, 1.807) is 4.90 Å². The fraction of sp³-hybridized carbons (Fsp3) is 0.625. The van der Waals surface area contributed by atoms with E-state index >= 15 is 0 Å². The molecule has 26 heavy (non-hydrogen) atoms. The minimum atomic E-state index is -3.23. The molecule has 0 spiro atoms. The third kappa shape index (κ3) is 4.29.